The number of nitrogens with one attached hydrogen (secondary N) is 2. The second kappa shape index (κ2) is 8.70. The van der Waals surface area contributed by atoms with Crippen LogP contribution in [0.1, 0.15) is 35.4 Å². The summed E-state index contributed by atoms with van der Waals surface area (Å²) in [5.41, 5.74) is 5.00. The van der Waals surface area contributed by atoms with Crippen molar-refractivity contribution in [1.82, 2.24) is 20.1 Å². The molecule has 1 aromatic heterocycles. The van der Waals surface area contributed by atoms with Gasteiger partial charge >= 0.3 is 6.03 Å². The molecule has 2 amide bonds. The number of likely N-dealkylation sites (tertiary alicyclic amines) is 1. The number of carbonyl (C=O) groups excluding carboxylic acids is 1. The molecule has 1 fully saturated rings. The number of hydrogen-bond donors (Lipinski definition) is 2. The third-order valence-electron chi connectivity index (χ3n) is 5.81. The van der Waals surface area contributed by atoms with Crippen LogP contribution in [-0.2, 0) is 13.1 Å². The van der Waals surface area contributed by atoms with Crippen LogP contribution in [0, 0.1) is 0 Å². The van der Waals surface area contributed by atoms with E-state index in [1.807, 2.05) is 4.90 Å². The molecule has 1 saturated heterocycles. The minimum atomic E-state index is 0.0414. The maximum Gasteiger partial charge on any atom is 0.317 e. The van der Waals surface area contributed by atoms with Gasteiger partial charge in [-0.3, -0.25) is 0 Å². The number of H-pyrrole nitrogens is 1. The average Bonchev–Trinajstić information content (AvgIpc) is 3.17. The van der Waals surface area contributed by atoms with Crippen LogP contribution < -0.4 is 5.32 Å². The Bertz CT molecular complexity index is 952. The summed E-state index contributed by atoms with van der Waals surface area (Å²) < 4.78 is 0. The Hall–Kier alpha value is -2.79. The Morgan fingerprint density at radius 1 is 1.07 bits per heavy atom. The number of piperidine rings is 1. The minimum absolute atomic E-state index is 0.0414. The summed E-state index contributed by atoms with van der Waals surface area (Å²) >= 11 is 0. The SMILES string of the molecule is CN(C)Cc1ccc(CNC(=O)N2CCC(c3c[nH]c4ccccc34)CC2)cc1. The zero-order valence-corrected chi connectivity index (χ0v) is 17.3. The Balaban J connectivity index is 1.28. The number of amides is 2. The molecule has 0 atom stereocenters. The highest BCUT2D eigenvalue weighted by Crippen LogP contribution is 2.33. The largest absolute Gasteiger partial charge is 0.361 e. The van der Waals surface area contributed by atoms with Crippen LogP contribution in [0.4, 0.5) is 4.79 Å². The second-order valence-corrected chi connectivity index (χ2v) is 8.26. The van der Waals surface area contributed by atoms with Gasteiger partial charge in [0.25, 0.3) is 0 Å². The van der Waals surface area contributed by atoms with Crippen LogP contribution in [0.2, 0.25) is 0 Å². The molecule has 5 heteroatoms. The van der Waals surface area contributed by atoms with Crippen LogP contribution in [0.3, 0.4) is 0 Å². The first-order chi connectivity index (χ1) is 14.1. The van der Waals surface area contributed by atoms with Crippen molar-refractivity contribution < 1.29 is 4.79 Å². The van der Waals surface area contributed by atoms with Crippen molar-refractivity contribution >= 4 is 16.9 Å². The summed E-state index contributed by atoms with van der Waals surface area (Å²) in [7, 11) is 4.13. The number of fused-ring (bicyclic) bond motifs is 1. The topological polar surface area (TPSA) is 51.4 Å². The smallest absolute Gasteiger partial charge is 0.317 e. The Morgan fingerprint density at radius 3 is 2.48 bits per heavy atom. The van der Waals surface area contributed by atoms with Gasteiger partial charge < -0.3 is 20.1 Å². The molecule has 0 aliphatic carbocycles. The molecule has 1 aliphatic heterocycles. The predicted molar refractivity (Wildman–Crippen MR) is 118 cm³/mol. The monoisotopic (exact) mass is 390 g/mol. The van der Waals surface area contributed by atoms with Gasteiger partial charge in [-0.1, -0.05) is 42.5 Å². The summed E-state index contributed by atoms with van der Waals surface area (Å²) in [6.45, 7) is 3.11. The zero-order chi connectivity index (χ0) is 20.2. The molecule has 2 N–H and O–H groups in total. The van der Waals surface area contributed by atoms with E-state index >= 15 is 0 Å². The lowest BCUT2D eigenvalue weighted by atomic mass is 9.89. The Labute approximate surface area is 172 Å². The lowest BCUT2D eigenvalue weighted by molar-refractivity contribution is 0.181. The third kappa shape index (κ3) is 4.62. The van der Waals surface area contributed by atoms with Gasteiger partial charge in [-0.2, -0.15) is 0 Å². The molecule has 0 bridgehead atoms. The molecule has 0 radical (unpaired) electrons. The Morgan fingerprint density at radius 2 is 1.76 bits per heavy atom. The van der Waals surface area contributed by atoms with Gasteiger partial charge in [0, 0.05) is 43.3 Å². The van der Waals surface area contributed by atoms with E-state index in [2.05, 4.69) is 84.0 Å². The standard InChI is InChI=1S/C24H30N4O/c1-27(2)17-19-9-7-18(8-10-19)15-26-24(29)28-13-11-20(12-14-28)22-16-25-23-6-4-3-5-21(22)23/h3-10,16,20,25H,11-15,17H2,1-2H3,(H,26,29). The van der Waals surface area contributed by atoms with Gasteiger partial charge in [-0.05, 0) is 55.6 Å². The fraction of sp³-hybridized carbons (Fsp3) is 0.375. The summed E-state index contributed by atoms with van der Waals surface area (Å²) in [4.78, 5) is 20.1. The molecule has 0 spiro atoms. The zero-order valence-electron chi connectivity index (χ0n) is 17.3. The normalized spacial score (nSPS) is 15.2. The third-order valence-corrected chi connectivity index (χ3v) is 5.81. The number of aromatic amines is 1. The molecule has 4 rings (SSSR count). The summed E-state index contributed by atoms with van der Waals surface area (Å²) in [6, 6.07) is 17.0. The van der Waals surface area contributed by atoms with Gasteiger partial charge in [0.2, 0.25) is 0 Å². The maximum atomic E-state index is 12.6. The van der Waals surface area contributed by atoms with Gasteiger partial charge in [-0.15, -0.1) is 0 Å². The van der Waals surface area contributed by atoms with E-state index in [1.54, 1.807) is 0 Å². The lowest BCUT2D eigenvalue weighted by Crippen LogP contribution is -2.43. The molecule has 29 heavy (non-hydrogen) atoms. The lowest BCUT2D eigenvalue weighted by Gasteiger charge is -2.32. The van der Waals surface area contributed by atoms with E-state index in [4.69, 9.17) is 0 Å². The number of aromatic nitrogens is 1. The van der Waals surface area contributed by atoms with Gasteiger partial charge in [0.05, 0.1) is 0 Å². The first kappa shape index (κ1) is 19.5. The van der Waals surface area contributed by atoms with Crippen LogP contribution in [0.5, 0.6) is 0 Å². The number of rotatable bonds is 5. The molecule has 0 saturated carbocycles. The predicted octanol–water partition coefficient (Wildman–Crippen LogP) is 4.32. The van der Waals surface area contributed by atoms with Gasteiger partial charge in [0.15, 0.2) is 0 Å². The van der Waals surface area contributed by atoms with Gasteiger partial charge in [0.1, 0.15) is 0 Å². The molecule has 3 aromatic rings. The summed E-state index contributed by atoms with van der Waals surface area (Å²) in [5, 5.41) is 4.39. The molecule has 0 unspecified atom stereocenters. The highest BCUT2D eigenvalue weighted by atomic mass is 16.2. The van der Waals surface area contributed by atoms with E-state index < -0.39 is 0 Å². The molecule has 2 heterocycles. The van der Waals surface area contributed by atoms with Crippen LogP contribution in [-0.4, -0.2) is 48.0 Å². The van der Waals surface area contributed by atoms with Gasteiger partial charge in [-0.25, -0.2) is 4.79 Å². The van der Waals surface area contributed by atoms with Crippen molar-refractivity contribution in [2.24, 2.45) is 0 Å². The number of urea groups is 1. The first-order valence-electron chi connectivity index (χ1n) is 10.4. The van der Waals surface area contributed by atoms with Crippen molar-refractivity contribution in [3.8, 4) is 0 Å². The highest BCUT2D eigenvalue weighted by molar-refractivity contribution is 5.83. The number of hydrogen-bond acceptors (Lipinski definition) is 2. The van der Waals surface area contributed by atoms with E-state index in [-0.39, 0.29) is 6.03 Å². The number of nitrogens with zero attached hydrogens (tertiary/aromatic N) is 2. The van der Waals surface area contributed by atoms with Crippen LogP contribution in [0.25, 0.3) is 10.9 Å². The number of para-hydroxylation sites is 1. The molecule has 2 aromatic carbocycles. The van der Waals surface area contributed by atoms with Crippen molar-refractivity contribution in [3.63, 3.8) is 0 Å². The molecule has 152 valence electrons. The van der Waals surface area contributed by atoms with Crippen LogP contribution in [0.15, 0.2) is 54.7 Å². The summed E-state index contributed by atoms with van der Waals surface area (Å²) in [6.07, 6.45) is 4.16. The van der Waals surface area contributed by atoms with E-state index in [1.165, 1.54) is 22.0 Å². The molecule has 1 aliphatic rings. The van der Waals surface area contributed by atoms with E-state index in [0.29, 0.717) is 12.5 Å². The van der Waals surface area contributed by atoms with E-state index in [0.717, 1.165) is 38.0 Å². The van der Waals surface area contributed by atoms with Crippen molar-refractivity contribution in [2.75, 3.05) is 27.2 Å². The second-order valence-electron chi connectivity index (χ2n) is 8.26. The highest BCUT2D eigenvalue weighted by Gasteiger charge is 2.25. The molecular weight excluding hydrogens is 360 g/mol. The fourth-order valence-corrected chi connectivity index (χ4v) is 4.24. The number of benzene rings is 2. The van der Waals surface area contributed by atoms with Crippen molar-refractivity contribution in [3.05, 3.63) is 71.4 Å². The van der Waals surface area contributed by atoms with Crippen LogP contribution >= 0.6 is 0 Å². The minimum Gasteiger partial charge on any atom is -0.361 e. The Kier molecular flexibility index (Phi) is 5.86. The molecule has 5 nitrogen and oxygen atoms in total. The average molecular weight is 391 g/mol. The summed E-state index contributed by atoms with van der Waals surface area (Å²) in [5.74, 6) is 0.513. The molecular formula is C24H30N4O. The quantitative estimate of drug-likeness (QED) is 0.682. The maximum absolute atomic E-state index is 12.6. The number of carbonyl (C=O) groups is 1. The fourth-order valence-electron chi connectivity index (χ4n) is 4.24. The van der Waals surface area contributed by atoms with Crippen molar-refractivity contribution in [2.45, 2.75) is 31.8 Å². The van der Waals surface area contributed by atoms with E-state index in [9.17, 15) is 4.79 Å². The first-order valence-corrected chi connectivity index (χ1v) is 10.4. The van der Waals surface area contributed by atoms with Crippen molar-refractivity contribution in [1.29, 1.82) is 0 Å².